The van der Waals surface area contributed by atoms with Crippen molar-refractivity contribution in [2.45, 2.75) is 25.9 Å². The lowest BCUT2D eigenvalue weighted by molar-refractivity contribution is -0.384. The summed E-state index contributed by atoms with van der Waals surface area (Å²) in [6.07, 6.45) is 0.471. The number of hydrogen-bond donors (Lipinski definition) is 0. The maximum absolute atomic E-state index is 11.7. The van der Waals surface area contributed by atoms with Crippen LogP contribution < -0.4 is 4.74 Å². The summed E-state index contributed by atoms with van der Waals surface area (Å²) in [5.74, 6) is -0.668. The Morgan fingerprint density at radius 1 is 0.920 bits per heavy atom. The molecule has 0 aliphatic rings. The molecule has 0 unspecified atom stereocenters. The minimum atomic E-state index is -0.535. The monoisotopic (exact) mass is 343 g/mol. The number of non-ortho nitro benzene ring substituents is 1. The summed E-state index contributed by atoms with van der Waals surface area (Å²) < 4.78 is 10.2. The highest BCUT2D eigenvalue weighted by molar-refractivity contribution is 5.74. The van der Waals surface area contributed by atoms with Gasteiger partial charge in [0, 0.05) is 25.0 Å². The lowest BCUT2D eigenvalue weighted by Crippen LogP contribution is -2.10. The lowest BCUT2D eigenvalue weighted by Gasteiger charge is -2.05. The Hall–Kier alpha value is -3.22. The Labute approximate surface area is 144 Å². The fourth-order valence-electron chi connectivity index (χ4n) is 2.01. The molecule has 0 atom stereocenters. The molecule has 0 spiro atoms. The largest absolute Gasteiger partial charge is 0.461 e. The average molecular weight is 343 g/mol. The Balaban J connectivity index is 1.66. The van der Waals surface area contributed by atoms with E-state index in [2.05, 4.69) is 0 Å². The molecule has 0 aliphatic heterocycles. The first-order chi connectivity index (χ1) is 12.0. The Morgan fingerprint density at radius 3 is 2.20 bits per heavy atom. The van der Waals surface area contributed by atoms with Gasteiger partial charge in [0.05, 0.1) is 4.92 Å². The topological polar surface area (TPSA) is 95.7 Å². The van der Waals surface area contributed by atoms with Gasteiger partial charge in [-0.3, -0.25) is 19.7 Å². The van der Waals surface area contributed by atoms with Crippen molar-refractivity contribution >= 4 is 17.6 Å². The second-order valence-corrected chi connectivity index (χ2v) is 5.22. The summed E-state index contributed by atoms with van der Waals surface area (Å²) in [5, 5.41) is 10.5. The van der Waals surface area contributed by atoms with Gasteiger partial charge in [-0.25, -0.2) is 0 Å². The van der Waals surface area contributed by atoms with Crippen molar-refractivity contribution < 1.29 is 24.0 Å². The number of esters is 2. The summed E-state index contributed by atoms with van der Waals surface area (Å²) >= 11 is 0. The Bertz CT molecular complexity index is 727. The van der Waals surface area contributed by atoms with Crippen molar-refractivity contribution in [2.24, 2.45) is 0 Å². The summed E-state index contributed by atoms with van der Waals surface area (Å²) in [7, 11) is 0. The first-order valence-corrected chi connectivity index (χ1v) is 7.69. The molecule has 0 N–H and O–H groups in total. The third-order valence-corrected chi connectivity index (χ3v) is 3.28. The van der Waals surface area contributed by atoms with Gasteiger partial charge in [-0.1, -0.05) is 30.3 Å². The summed E-state index contributed by atoms with van der Waals surface area (Å²) in [4.78, 5) is 33.3. The predicted octanol–water partition coefficient (Wildman–Crippen LogP) is 3.41. The zero-order valence-electron chi connectivity index (χ0n) is 13.4. The van der Waals surface area contributed by atoms with E-state index in [1.54, 1.807) is 0 Å². The normalized spacial score (nSPS) is 10.1. The van der Waals surface area contributed by atoms with Crippen molar-refractivity contribution in [3.63, 3.8) is 0 Å². The van der Waals surface area contributed by atoms with Crippen LogP contribution in [0.2, 0.25) is 0 Å². The zero-order chi connectivity index (χ0) is 18.1. The van der Waals surface area contributed by atoms with Gasteiger partial charge in [0.1, 0.15) is 12.4 Å². The third kappa shape index (κ3) is 6.42. The highest BCUT2D eigenvalue weighted by Gasteiger charge is 2.10. The molecule has 25 heavy (non-hydrogen) atoms. The Kier molecular flexibility index (Phi) is 6.65. The van der Waals surface area contributed by atoms with Crippen LogP contribution in [-0.2, 0) is 20.9 Å². The molecular formula is C18H17NO6. The van der Waals surface area contributed by atoms with E-state index in [0.717, 1.165) is 5.56 Å². The van der Waals surface area contributed by atoms with Crippen molar-refractivity contribution in [3.05, 3.63) is 70.3 Å². The first-order valence-electron chi connectivity index (χ1n) is 7.69. The standard InChI is InChI=1S/C18H17NO6/c20-17(24-13-14-5-2-1-3-6-14)7-4-8-18(21)25-16-11-9-15(10-12-16)19(22)23/h1-3,5-6,9-12H,4,7-8,13H2. The number of benzene rings is 2. The van der Waals surface area contributed by atoms with Crippen LogP contribution in [0.1, 0.15) is 24.8 Å². The highest BCUT2D eigenvalue weighted by atomic mass is 16.6. The van der Waals surface area contributed by atoms with Crippen LogP contribution >= 0.6 is 0 Å². The van der Waals surface area contributed by atoms with Gasteiger partial charge in [-0.2, -0.15) is 0 Å². The maximum Gasteiger partial charge on any atom is 0.311 e. The number of carbonyl (C=O) groups is 2. The zero-order valence-corrected chi connectivity index (χ0v) is 13.4. The van der Waals surface area contributed by atoms with Gasteiger partial charge >= 0.3 is 11.9 Å². The number of rotatable bonds is 8. The second-order valence-electron chi connectivity index (χ2n) is 5.22. The fraction of sp³-hybridized carbons (Fsp3) is 0.222. The molecule has 130 valence electrons. The summed E-state index contributed by atoms with van der Waals surface area (Å²) in [6.45, 7) is 0.201. The number of nitro benzene ring substituents is 1. The molecule has 0 amide bonds. The first kappa shape index (κ1) is 18.1. The van der Waals surface area contributed by atoms with Crippen LogP contribution in [0.25, 0.3) is 0 Å². The van der Waals surface area contributed by atoms with Gasteiger partial charge < -0.3 is 9.47 Å². The number of nitro groups is 1. The molecule has 0 saturated heterocycles. The van der Waals surface area contributed by atoms with Gasteiger partial charge in [-0.15, -0.1) is 0 Å². The molecule has 0 bridgehead atoms. The highest BCUT2D eigenvalue weighted by Crippen LogP contribution is 2.18. The van der Waals surface area contributed by atoms with E-state index in [1.165, 1.54) is 24.3 Å². The molecule has 0 saturated carbocycles. The summed E-state index contributed by atoms with van der Waals surface area (Å²) in [5.41, 5.74) is 0.814. The van der Waals surface area contributed by atoms with E-state index in [0.29, 0.717) is 6.42 Å². The van der Waals surface area contributed by atoms with E-state index in [1.807, 2.05) is 30.3 Å². The predicted molar refractivity (Wildman–Crippen MR) is 88.8 cm³/mol. The van der Waals surface area contributed by atoms with Crippen molar-refractivity contribution in [1.29, 1.82) is 0 Å². The number of carbonyl (C=O) groups excluding carboxylic acids is 2. The molecule has 2 aromatic rings. The minimum absolute atomic E-state index is 0.0530. The van der Waals surface area contributed by atoms with Gasteiger partial charge in [0.25, 0.3) is 5.69 Å². The smallest absolute Gasteiger partial charge is 0.311 e. The van der Waals surface area contributed by atoms with E-state index in [-0.39, 0.29) is 36.9 Å². The van der Waals surface area contributed by atoms with Crippen molar-refractivity contribution in [2.75, 3.05) is 0 Å². The van der Waals surface area contributed by atoms with Crippen molar-refractivity contribution in [3.8, 4) is 5.75 Å². The van der Waals surface area contributed by atoms with E-state index < -0.39 is 10.9 Å². The Morgan fingerprint density at radius 2 is 1.56 bits per heavy atom. The second kappa shape index (κ2) is 9.17. The minimum Gasteiger partial charge on any atom is -0.461 e. The van der Waals surface area contributed by atoms with E-state index in [9.17, 15) is 19.7 Å². The maximum atomic E-state index is 11.7. The third-order valence-electron chi connectivity index (χ3n) is 3.28. The van der Waals surface area contributed by atoms with Crippen LogP contribution in [-0.4, -0.2) is 16.9 Å². The van der Waals surface area contributed by atoms with Crippen LogP contribution in [0.3, 0.4) is 0 Å². The molecule has 7 nitrogen and oxygen atoms in total. The average Bonchev–Trinajstić information content (AvgIpc) is 2.61. The number of hydrogen-bond acceptors (Lipinski definition) is 6. The molecule has 2 aromatic carbocycles. The number of ether oxygens (including phenoxy) is 2. The lowest BCUT2D eigenvalue weighted by atomic mass is 10.2. The summed E-state index contributed by atoms with van der Waals surface area (Å²) in [6, 6.07) is 14.5. The molecule has 0 aromatic heterocycles. The molecule has 0 radical (unpaired) electrons. The van der Waals surface area contributed by atoms with Gasteiger partial charge in [0.2, 0.25) is 0 Å². The molecular weight excluding hydrogens is 326 g/mol. The molecule has 0 fully saturated rings. The molecule has 2 rings (SSSR count). The molecule has 0 heterocycles. The van der Waals surface area contributed by atoms with Gasteiger partial charge in [0.15, 0.2) is 0 Å². The van der Waals surface area contributed by atoms with Crippen LogP contribution in [0.15, 0.2) is 54.6 Å². The molecule has 0 aliphatic carbocycles. The fourth-order valence-corrected chi connectivity index (χ4v) is 2.01. The van der Waals surface area contributed by atoms with E-state index >= 15 is 0 Å². The van der Waals surface area contributed by atoms with Crippen molar-refractivity contribution in [1.82, 2.24) is 0 Å². The van der Waals surface area contributed by atoms with Crippen LogP contribution in [0, 0.1) is 10.1 Å². The quantitative estimate of drug-likeness (QED) is 0.315. The van der Waals surface area contributed by atoms with Crippen LogP contribution in [0.5, 0.6) is 5.75 Å². The van der Waals surface area contributed by atoms with Crippen LogP contribution in [0.4, 0.5) is 5.69 Å². The number of nitrogens with zero attached hydrogens (tertiary/aromatic N) is 1. The van der Waals surface area contributed by atoms with Gasteiger partial charge in [-0.05, 0) is 24.1 Å². The SMILES string of the molecule is O=C(CCCC(=O)Oc1ccc([N+](=O)[O-])cc1)OCc1ccccc1. The molecule has 7 heteroatoms. The van der Waals surface area contributed by atoms with E-state index in [4.69, 9.17) is 9.47 Å².